The van der Waals surface area contributed by atoms with Gasteiger partial charge in [0.15, 0.2) is 10.8 Å². The van der Waals surface area contributed by atoms with Gasteiger partial charge in [0.25, 0.3) is 11.8 Å². The summed E-state index contributed by atoms with van der Waals surface area (Å²) in [5, 5.41) is 0.639. The van der Waals surface area contributed by atoms with Crippen molar-refractivity contribution in [2.75, 3.05) is 26.2 Å². The number of piperazine rings is 1. The predicted molar refractivity (Wildman–Crippen MR) is 120 cm³/mol. The Morgan fingerprint density at radius 3 is 2.10 bits per heavy atom. The molecule has 1 aliphatic heterocycles. The van der Waals surface area contributed by atoms with Gasteiger partial charge in [-0.05, 0) is 36.6 Å². The minimum atomic E-state index is -0.0504. The normalized spacial score (nSPS) is 14.2. The van der Waals surface area contributed by atoms with Crippen LogP contribution < -0.4 is 0 Å². The SMILES string of the molecule is Cc1nc(-c2ncccn2)sc1C(=O)N1CCN(C(=O)c2ccc(C(C)C)cc2)CC1. The van der Waals surface area contributed by atoms with Gasteiger partial charge in [0.2, 0.25) is 0 Å². The van der Waals surface area contributed by atoms with Crippen LogP contribution in [0.2, 0.25) is 0 Å². The van der Waals surface area contributed by atoms with E-state index in [1.807, 2.05) is 36.1 Å². The number of hydrogen-bond acceptors (Lipinski definition) is 6. The average Bonchev–Trinajstić information content (AvgIpc) is 3.20. The molecule has 0 radical (unpaired) electrons. The molecule has 2 amide bonds. The lowest BCUT2D eigenvalue weighted by molar-refractivity contribution is 0.0537. The number of rotatable bonds is 4. The molecule has 4 rings (SSSR count). The zero-order valence-corrected chi connectivity index (χ0v) is 18.7. The molecule has 0 atom stereocenters. The molecule has 31 heavy (non-hydrogen) atoms. The largest absolute Gasteiger partial charge is 0.335 e. The topological polar surface area (TPSA) is 79.3 Å². The van der Waals surface area contributed by atoms with Crippen LogP contribution in [-0.4, -0.2) is 62.7 Å². The van der Waals surface area contributed by atoms with Crippen LogP contribution in [0.4, 0.5) is 0 Å². The highest BCUT2D eigenvalue weighted by atomic mass is 32.1. The Labute approximate surface area is 185 Å². The lowest BCUT2D eigenvalue weighted by Gasteiger charge is -2.34. The Morgan fingerprint density at radius 1 is 0.935 bits per heavy atom. The molecule has 1 aliphatic rings. The molecule has 3 aromatic rings. The Hall–Kier alpha value is -3.13. The van der Waals surface area contributed by atoms with Crippen molar-refractivity contribution in [2.45, 2.75) is 26.7 Å². The fourth-order valence-corrected chi connectivity index (χ4v) is 4.53. The van der Waals surface area contributed by atoms with Gasteiger partial charge in [-0.25, -0.2) is 15.0 Å². The van der Waals surface area contributed by atoms with E-state index in [4.69, 9.17) is 0 Å². The monoisotopic (exact) mass is 435 g/mol. The molecule has 1 fully saturated rings. The van der Waals surface area contributed by atoms with E-state index in [1.165, 1.54) is 16.9 Å². The summed E-state index contributed by atoms with van der Waals surface area (Å²) in [5.41, 5.74) is 2.59. The highest BCUT2D eigenvalue weighted by Crippen LogP contribution is 2.27. The quantitative estimate of drug-likeness (QED) is 0.625. The molecule has 0 aliphatic carbocycles. The predicted octanol–water partition coefficient (Wildman–Crippen LogP) is 3.63. The van der Waals surface area contributed by atoms with Crippen molar-refractivity contribution in [1.82, 2.24) is 24.8 Å². The average molecular weight is 436 g/mol. The number of carbonyl (C=O) groups excluding carboxylic acids is 2. The van der Waals surface area contributed by atoms with Gasteiger partial charge in [-0.2, -0.15) is 0 Å². The molecule has 0 N–H and O–H groups in total. The van der Waals surface area contributed by atoms with E-state index in [0.717, 1.165) is 0 Å². The fraction of sp³-hybridized carbons (Fsp3) is 0.348. The van der Waals surface area contributed by atoms with Gasteiger partial charge < -0.3 is 9.80 Å². The lowest BCUT2D eigenvalue weighted by atomic mass is 10.0. The number of hydrogen-bond donors (Lipinski definition) is 0. The Morgan fingerprint density at radius 2 is 1.52 bits per heavy atom. The summed E-state index contributed by atoms with van der Waals surface area (Å²) in [6, 6.07) is 9.55. The van der Waals surface area contributed by atoms with Crippen molar-refractivity contribution in [3.05, 3.63) is 64.4 Å². The molecule has 0 spiro atoms. The first kappa shape index (κ1) is 21.1. The van der Waals surface area contributed by atoms with Gasteiger partial charge in [-0.3, -0.25) is 9.59 Å². The number of aryl methyl sites for hydroxylation is 1. The third-order valence-corrected chi connectivity index (χ3v) is 6.57. The van der Waals surface area contributed by atoms with E-state index < -0.39 is 0 Å². The molecule has 1 saturated heterocycles. The first-order valence-corrected chi connectivity index (χ1v) is 11.2. The third kappa shape index (κ3) is 4.49. The Bertz CT molecular complexity index is 1070. The molecule has 2 aromatic heterocycles. The van der Waals surface area contributed by atoms with Gasteiger partial charge in [0.05, 0.1) is 5.69 Å². The Kier molecular flexibility index (Phi) is 6.08. The number of thiazole rings is 1. The minimum absolute atomic E-state index is 0.0138. The lowest BCUT2D eigenvalue weighted by Crippen LogP contribution is -2.50. The maximum Gasteiger partial charge on any atom is 0.265 e. The Balaban J connectivity index is 1.40. The van der Waals surface area contributed by atoms with Crippen LogP contribution in [-0.2, 0) is 0 Å². The smallest absolute Gasteiger partial charge is 0.265 e. The van der Waals surface area contributed by atoms with Crippen LogP contribution in [0.1, 0.15) is 51.1 Å². The number of amides is 2. The highest BCUT2D eigenvalue weighted by molar-refractivity contribution is 7.17. The van der Waals surface area contributed by atoms with Crippen molar-refractivity contribution < 1.29 is 9.59 Å². The summed E-state index contributed by atoms with van der Waals surface area (Å²) in [5.74, 6) is 0.918. The molecular formula is C23H25N5O2S. The summed E-state index contributed by atoms with van der Waals surface area (Å²) in [6.07, 6.45) is 3.32. The maximum atomic E-state index is 13.1. The van der Waals surface area contributed by atoms with Crippen molar-refractivity contribution in [1.29, 1.82) is 0 Å². The second-order valence-electron chi connectivity index (χ2n) is 7.87. The van der Waals surface area contributed by atoms with Crippen LogP contribution in [0.25, 0.3) is 10.8 Å². The van der Waals surface area contributed by atoms with E-state index in [0.29, 0.717) is 59.1 Å². The van der Waals surface area contributed by atoms with Crippen molar-refractivity contribution in [3.8, 4) is 10.8 Å². The van der Waals surface area contributed by atoms with Crippen molar-refractivity contribution >= 4 is 23.2 Å². The molecule has 1 aromatic carbocycles. The summed E-state index contributed by atoms with van der Waals surface area (Å²) < 4.78 is 0. The van der Waals surface area contributed by atoms with E-state index in [9.17, 15) is 9.59 Å². The van der Waals surface area contributed by atoms with Gasteiger partial charge in [-0.1, -0.05) is 26.0 Å². The second kappa shape index (κ2) is 8.93. The van der Waals surface area contributed by atoms with Crippen molar-refractivity contribution in [3.63, 3.8) is 0 Å². The van der Waals surface area contributed by atoms with Crippen LogP contribution in [0, 0.1) is 6.92 Å². The minimum Gasteiger partial charge on any atom is -0.335 e. The summed E-state index contributed by atoms with van der Waals surface area (Å²) in [7, 11) is 0. The van der Waals surface area contributed by atoms with Crippen LogP contribution >= 0.6 is 11.3 Å². The van der Waals surface area contributed by atoms with Gasteiger partial charge in [0, 0.05) is 44.1 Å². The van der Waals surface area contributed by atoms with Gasteiger partial charge in [-0.15, -0.1) is 11.3 Å². The molecular weight excluding hydrogens is 410 g/mol. The van der Waals surface area contributed by atoms with E-state index in [-0.39, 0.29) is 11.8 Å². The van der Waals surface area contributed by atoms with Crippen molar-refractivity contribution in [2.24, 2.45) is 0 Å². The summed E-state index contributed by atoms with van der Waals surface area (Å²) in [4.78, 5) is 43.0. The maximum absolute atomic E-state index is 13.1. The number of carbonyl (C=O) groups is 2. The van der Waals surface area contributed by atoms with Crippen LogP contribution in [0.3, 0.4) is 0 Å². The molecule has 0 unspecified atom stereocenters. The molecule has 0 saturated carbocycles. The third-order valence-electron chi connectivity index (χ3n) is 5.43. The first-order valence-electron chi connectivity index (χ1n) is 10.4. The second-order valence-corrected chi connectivity index (χ2v) is 8.87. The van der Waals surface area contributed by atoms with Crippen LogP contribution in [0.5, 0.6) is 0 Å². The highest BCUT2D eigenvalue weighted by Gasteiger charge is 2.28. The zero-order chi connectivity index (χ0) is 22.0. The molecule has 8 heteroatoms. The standard InChI is InChI=1S/C23H25N5O2S/c1-15(2)17-5-7-18(8-6-17)22(29)27-11-13-28(14-12-27)23(30)19-16(3)26-21(31-19)20-24-9-4-10-25-20/h4-10,15H,11-14H2,1-3H3. The molecule has 160 valence electrons. The fourth-order valence-electron chi connectivity index (χ4n) is 3.55. The summed E-state index contributed by atoms with van der Waals surface area (Å²) in [6.45, 7) is 8.14. The summed E-state index contributed by atoms with van der Waals surface area (Å²) >= 11 is 1.31. The number of aromatic nitrogens is 3. The van der Waals surface area contributed by atoms with Gasteiger partial charge in [0.1, 0.15) is 4.88 Å². The van der Waals surface area contributed by atoms with E-state index in [2.05, 4.69) is 28.8 Å². The number of benzene rings is 1. The molecule has 7 nitrogen and oxygen atoms in total. The number of nitrogens with zero attached hydrogens (tertiary/aromatic N) is 5. The van der Waals surface area contributed by atoms with Crippen LogP contribution in [0.15, 0.2) is 42.7 Å². The molecule has 3 heterocycles. The molecule has 0 bridgehead atoms. The first-order chi connectivity index (χ1) is 14.9. The van der Waals surface area contributed by atoms with E-state index in [1.54, 1.807) is 23.4 Å². The zero-order valence-electron chi connectivity index (χ0n) is 17.9. The van der Waals surface area contributed by atoms with Gasteiger partial charge >= 0.3 is 0 Å². The van der Waals surface area contributed by atoms with E-state index >= 15 is 0 Å².